The summed E-state index contributed by atoms with van der Waals surface area (Å²) in [4.78, 5) is 13.2. The summed E-state index contributed by atoms with van der Waals surface area (Å²) >= 11 is 0. The van der Waals surface area contributed by atoms with E-state index in [-0.39, 0.29) is 6.42 Å². The first-order valence-electron chi connectivity index (χ1n) is 28.2. The first kappa shape index (κ1) is 63.6. The maximum absolute atomic E-state index is 13.2. The van der Waals surface area contributed by atoms with Gasteiger partial charge in [-0.1, -0.05) is 237 Å². The summed E-state index contributed by atoms with van der Waals surface area (Å²) in [6.07, 6.45) is 42.3. The van der Waals surface area contributed by atoms with E-state index in [2.05, 4.69) is 43.5 Å². The van der Waals surface area contributed by atoms with E-state index in [0.717, 1.165) is 51.4 Å². The molecule has 0 radical (unpaired) electrons. The van der Waals surface area contributed by atoms with Crippen LogP contribution < -0.4 is 5.32 Å². The predicted octanol–water partition coefficient (Wildman–Crippen LogP) is 11.3. The van der Waals surface area contributed by atoms with Gasteiger partial charge in [0.05, 0.1) is 25.4 Å². The van der Waals surface area contributed by atoms with Gasteiger partial charge in [-0.2, -0.15) is 0 Å². The van der Waals surface area contributed by atoms with Crippen LogP contribution in [0.4, 0.5) is 0 Å². The Labute approximate surface area is 410 Å². The molecule has 67 heavy (non-hydrogen) atoms. The van der Waals surface area contributed by atoms with Crippen molar-refractivity contribution in [3.63, 3.8) is 0 Å². The molecule has 0 aliphatic carbocycles. The van der Waals surface area contributed by atoms with Gasteiger partial charge in [0.1, 0.15) is 36.6 Å². The smallest absolute Gasteiger partial charge is 0.249 e. The van der Waals surface area contributed by atoms with Crippen LogP contribution in [-0.4, -0.2) is 110 Å². The van der Waals surface area contributed by atoms with Crippen molar-refractivity contribution < 1.29 is 50.0 Å². The molecule has 0 aromatic rings. The second-order valence-electron chi connectivity index (χ2n) is 20.0. The fourth-order valence-electron chi connectivity index (χ4n) is 9.12. The number of aliphatic hydroxyl groups excluding tert-OH is 7. The molecule has 1 aliphatic rings. The predicted molar refractivity (Wildman–Crippen MR) is 275 cm³/mol. The van der Waals surface area contributed by atoms with Gasteiger partial charge < -0.3 is 50.5 Å². The van der Waals surface area contributed by atoms with Gasteiger partial charge >= 0.3 is 0 Å². The van der Waals surface area contributed by atoms with Gasteiger partial charge in [0.2, 0.25) is 5.91 Å². The molecule has 396 valence electrons. The molecule has 1 fully saturated rings. The third-order valence-corrected chi connectivity index (χ3v) is 13.8. The SMILES string of the molecule is CCCCCCCCCCC/C=C\C/C=C\CCCCCCCCCCCCC(O)C(=O)NC(COC1OC(CO)C(O)C(O)C1O)C(O)C(O)CCCCCCCCCCCCCCCC. The maximum atomic E-state index is 13.2. The van der Waals surface area contributed by atoms with Crippen molar-refractivity contribution in [1.82, 2.24) is 5.32 Å². The highest BCUT2D eigenvalue weighted by molar-refractivity contribution is 5.80. The van der Waals surface area contributed by atoms with E-state index < -0.39 is 74.2 Å². The van der Waals surface area contributed by atoms with Gasteiger partial charge in [-0.3, -0.25) is 4.79 Å². The minimum Gasteiger partial charge on any atom is -0.394 e. The molecule has 1 amide bonds. The van der Waals surface area contributed by atoms with E-state index in [4.69, 9.17) is 9.47 Å². The molecule has 1 saturated heterocycles. The van der Waals surface area contributed by atoms with Crippen LogP contribution in [0.25, 0.3) is 0 Å². The fourth-order valence-corrected chi connectivity index (χ4v) is 9.12. The maximum Gasteiger partial charge on any atom is 0.249 e. The van der Waals surface area contributed by atoms with Crippen molar-refractivity contribution in [2.45, 2.75) is 313 Å². The molecule has 9 unspecified atom stereocenters. The van der Waals surface area contributed by atoms with Crippen molar-refractivity contribution >= 4 is 5.91 Å². The summed E-state index contributed by atoms with van der Waals surface area (Å²) in [7, 11) is 0. The van der Waals surface area contributed by atoms with Gasteiger partial charge in [0, 0.05) is 0 Å². The molecule has 0 saturated carbocycles. The number of carbonyl (C=O) groups is 1. The second kappa shape index (κ2) is 45.7. The van der Waals surface area contributed by atoms with Gasteiger partial charge in [0.15, 0.2) is 6.29 Å². The molecular weight excluding hydrogens is 847 g/mol. The molecule has 1 heterocycles. The Kier molecular flexibility index (Phi) is 43.4. The lowest BCUT2D eigenvalue weighted by Crippen LogP contribution is -2.60. The largest absolute Gasteiger partial charge is 0.394 e. The van der Waals surface area contributed by atoms with Crippen LogP contribution in [0.1, 0.15) is 258 Å². The molecule has 1 rings (SSSR count). The first-order chi connectivity index (χ1) is 32.7. The fraction of sp³-hybridized carbons (Fsp3) is 0.911. The van der Waals surface area contributed by atoms with E-state index in [9.17, 15) is 40.5 Å². The number of amides is 1. The van der Waals surface area contributed by atoms with Crippen molar-refractivity contribution in [3.05, 3.63) is 24.3 Å². The average Bonchev–Trinajstić information content (AvgIpc) is 3.33. The van der Waals surface area contributed by atoms with Crippen LogP contribution in [0.2, 0.25) is 0 Å². The quantitative estimate of drug-likeness (QED) is 0.0215. The van der Waals surface area contributed by atoms with Crippen LogP contribution in [0.3, 0.4) is 0 Å². The molecule has 1 aliphatic heterocycles. The monoisotopic (exact) mass is 954 g/mol. The number of aliphatic hydroxyl groups is 7. The molecule has 8 N–H and O–H groups in total. The minimum absolute atomic E-state index is 0.258. The summed E-state index contributed by atoms with van der Waals surface area (Å²) in [5, 5.41) is 76.0. The third-order valence-electron chi connectivity index (χ3n) is 13.8. The highest BCUT2D eigenvalue weighted by Crippen LogP contribution is 2.23. The summed E-state index contributed by atoms with van der Waals surface area (Å²) in [6, 6.07) is -1.17. The third kappa shape index (κ3) is 34.5. The summed E-state index contributed by atoms with van der Waals surface area (Å²) in [6.45, 7) is 3.47. The molecule has 11 nitrogen and oxygen atoms in total. The van der Waals surface area contributed by atoms with E-state index in [1.54, 1.807) is 0 Å². The molecule has 0 aromatic heterocycles. The average molecular weight is 954 g/mol. The van der Waals surface area contributed by atoms with Crippen LogP contribution >= 0.6 is 0 Å². The van der Waals surface area contributed by atoms with Crippen LogP contribution in [-0.2, 0) is 14.3 Å². The zero-order valence-corrected chi connectivity index (χ0v) is 43.1. The van der Waals surface area contributed by atoms with Crippen molar-refractivity contribution in [3.8, 4) is 0 Å². The number of ether oxygens (including phenoxy) is 2. The van der Waals surface area contributed by atoms with Crippen molar-refractivity contribution in [2.75, 3.05) is 13.2 Å². The summed E-state index contributed by atoms with van der Waals surface area (Å²) < 4.78 is 11.1. The van der Waals surface area contributed by atoms with Gasteiger partial charge in [0.25, 0.3) is 0 Å². The molecule has 0 bridgehead atoms. The lowest BCUT2D eigenvalue weighted by atomic mass is 9.98. The molecule has 11 heteroatoms. The number of unbranched alkanes of at least 4 members (excludes halogenated alkanes) is 32. The van der Waals surface area contributed by atoms with Crippen LogP contribution in [0, 0.1) is 0 Å². The van der Waals surface area contributed by atoms with Crippen LogP contribution in [0.5, 0.6) is 0 Å². The molecule has 0 spiro atoms. The zero-order chi connectivity index (χ0) is 49.0. The normalized spacial score (nSPS) is 20.8. The summed E-state index contributed by atoms with van der Waals surface area (Å²) in [5.41, 5.74) is 0. The molecule has 0 aromatic carbocycles. The number of nitrogens with one attached hydrogen (secondary N) is 1. The van der Waals surface area contributed by atoms with Gasteiger partial charge in [-0.15, -0.1) is 0 Å². The topological polar surface area (TPSA) is 189 Å². The van der Waals surface area contributed by atoms with E-state index >= 15 is 0 Å². The Balaban J connectivity index is 2.29. The first-order valence-corrected chi connectivity index (χ1v) is 28.2. The van der Waals surface area contributed by atoms with Gasteiger partial charge in [-0.25, -0.2) is 0 Å². The lowest BCUT2D eigenvalue weighted by molar-refractivity contribution is -0.303. The van der Waals surface area contributed by atoms with E-state index in [1.165, 1.54) is 167 Å². The van der Waals surface area contributed by atoms with Crippen molar-refractivity contribution in [1.29, 1.82) is 0 Å². The van der Waals surface area contributed by atoms with Crippen LogP contribution in [0.15, 0.2) is 24.3 Å². The van der Waals surface area contributed by atoms with E-state index in [0.29, 0.717) is 19.3 Å². The highest BCUT2D eigenvalue weighted by atomic mass is 16.7. The Morgan fingerprint density at radius 3 is 1.33 bits per heavy atom. The summed E-state index contributed by atoms with van der Waals surface area (Å²) in [5.74, 6) is -0.697. The molecular formula is C56H107NO10. The zero-order valence-electron chi connectivity index (χ0n) is 43.1. The van der Waals surface area contributed by atoms with Crippen molar-refractivity contribution in [2.24, 2.45) is 0 Å². The Hall–Kier alpha value is -1.41. The Morgan fingerprint density at radius 2 is 0.910 bits per heavy atom. The minimum atomic E-state index is -1.66. The number of carbonyl (C=O) groups excluding carboxylic acids is 1. The number of rotatable bonds is 48. The standard InChI is InChI=1S/C56H107NO10/c1-3-5-7-9-11-13-15-17-19-20-21-22-23-24-25-26-27-28-29-30-32-34-36-38-40-42-44-49(60)55(65)57-47(46-66-56-54(64)53(63)52(62)50(45-58)67-56)51(61)48(59)43-41-39-37-35-33-31-18-16-14-12-10-8-6-4-2/h21-22,24-25,47-54,56,58-64H,3-20,23,26-46H2,1-2H3,(H,57,65)/b22-21-,25-24-. The number of hydrogen-bond donors (Lipinski definition) is 8. The van der Waals surface area contributed by atoms with E-state index in [1.807, 2.05) is 0 Å². The number of allylic oxidation sites excluding steroid dienone is 4. The highest BCUT2D eigenvalue weighted by Gasteiger charge is 2.44. The Bertz CT molecular complexity index is 1140. The lowest BCUT2D eigenvalue weighted by Gasteiger charge is -2.40. The number of hydrogen-bond acceptors (Lipinski definition) is 10. The van der Waals surface area contributed by atoms with Gasteiger partial charge in [-0.05, 0) is 44.9 Å². The molecule has 9 atom stereocenters. The Morgan fingerprint density at radius 1 is 0.522 bits per heavy atom. The second-order valence-corrected chi connectivity index (χ2v) is 20.0.